The van der Waals surface area contributed by atoms with E-state index < -0.39 is 0 Å². The lowest BCUT2D eigenvalue weighted by Gasteiger charge is -2.19. The number of primary amides is 1. The molecule has 1 aliphatic heterocycles. The quantitative estimate of drug-likeness (QED) is 0.860. The van der Waals surface area contributed by atoms with Crippen molar-refractivity contribution < 1.29 is 9.53 Å². The third kappa shape index (κ3) is 3.00. The summed E-state index contributed by atoms with van der Waals surface area (Å²) in [6.07, 6.45) is 2.37. The van der Waals surface area contributed by atoms with E-state index in [-0.39, 0.29) is 18.1 Å². The van der Waals surface area contributed by atoms with Crippen LogP contribution in [0.25, 0.3) is 5.69 Å². The highest BCUT2D eigenvalue weighted by atomic mass is 16.5. The third-order valence-corrected chi connectivity index (χ3v) is 3.92. The highest BCUT2D eigenvalue weighted by Crippen LogP contribution is 2.21. The summed E-state index contributed by atoms with van der Waals surface area (Å²) in [5.41, 5.74) is 7.18. The van der Waals surface area contributed by atoms with E-state index in [9.17, 15) is 4.79 Å². The molecule has 7 heteroatoms. The van der Waals surface area contributed by atoms with Gasteiger partial charge in [-0.3, -0.25) is 9.69 Å². The molecule has 1 fully saturated rings. The van der Waals surface area contributed by atoms with Gasteiger partial charge in [-0.25, -0.2) is 0 Å². The van der Waals surface area contributed by atoms with Crippen molar-refractivity contribution in [1.29, 1.82) is 0 Å². The Kier molecular flexibility index (Phi) is 4.17. The molecule has 1 saturated heterocycles. The number of ether oxygens (including phenoxy) is 1. The first-order valence-corrected chi connectivity index (χ1v) is 7.20. The molecule has 1 aromatic heterocycles. The number of carbonyl (C=O) groups is 1. The maximum atomic E-state index is 11.6. The summed E-state index contributed by atoms with van der Waals surface area (Å²) in [5, 5.41) is 8.73. The van der Waals surface area contributed by atoms with Crippen molar-refractivity contribution >= 4 is 5.91 Å². The first-order chi connectivity index (χ1) is 10.7. The lowest BCUT2D eigenvalue weighted by molar-refractivity contribution is -0.122. The Hall–Kier alpha value is -2.25. The van der Waals surface area contributed by atoms with Crippen LogP contribution in [-0.2, 0) is 16.1 Å². The number of amides is 1. The van der Waals surface area contributed by atoms with Crippen LogP contribution in [0.5, 0.6) is 0 Å². The Labute approximate surface area is 128 Å². The van der Waals surface area contributed by atoms with E-state index in [1.54, 1.807) is 18.1 Å². The second-order valence-corrected chi connectivity index (χ2v) is 5.40. The van der Waals surface area contributed by atoms with Crippen molar-refractivity contribution in [3.05, 3.63) is 42.2 Å². The molecule has 22 heavy (non-hydrogen) atoms. The summed E-state index contributed by atoms with van der Waals surface area (Å²) in [4.78, 5) is 15.2. The van der Waals surface area contributed by atoms with Gasteiger partial charge in [0.15, 0.2) is 0 Å². The van der Waals surface area contributed by atoms with Crippen LogP contribution in [0.15, 0.2) is 36.5 Å². The molecule has 0 spiro atoms. The fraction of sp³-hybridized carbons (Fsp3) is 0.400. The summed E-state index contributed by atoms with van der Waals surface area (Å²) >= 11 is 0. The maximum Gasteiger partial charge on any atom is 0.234 e. The Morgan fingerprint density at radius 3 is 2.86 bits per heavy atom. The molecule has 0 bridgehead atoms. The number of hydrogen-bond acceptors (Lipinski definition) is 5. The van der Waals surface area contributed by atoms with Gasteiger partial charge in [0.05, 0.1) is 29.7 Å². The molecule has 1 amide bonds. The number of para-hydroxylation sites is 1. The summed E-state index contributed by atoms with van der Waals surface area (Å²) in [6, 6.07) is 9.38. The first-order valence-electron chi connectivity index (χ1n) is 7.20. The summed E-state index contributed by atoms with van der Waals surface area (Å²) in [5.74, 6) is -0.324. The van der Waals surface area contributed by atoms with Crippen LogP contribution in [0.3, 0.4) is 0 Å². The van der Waals surface area contributed by atoms with Gasteiger partial charge in [0, 0.05) is 20.2 Å². The fourth-order valence-corrected chi connectivity index (χ4v) is 2.76. The molecule has 2 aromatic rings. The normalized spacial score (nSPS) is 22.0. The fourth-order valence-electron chi connectivity index (χ4n) is 2.76. The molecule has 0 unspecified atom stereocenters. The number of nitrogens with two attached hydrogens (primary N) is 1. The highest BCUT2D eigenvalue weighted by Gasteiger charge is 2.36. The zero-order valence-electron chi connectivity index (χ0n) is 12.4. The lowest BCUT2D eigenvalue weighted by Crippen LogP contribution is -2.39. The van der Waals surface area contributed by atoms with Crippen LogP contribution in [0.2, 0.25) is 0 Å². The van der Waals surface area contributed by atoms with E-state index in [0.29, 0.717) is 19.5 Å². The van der Waals surface area contributed by atoms with Gasteiger partial charge in [0.1, 0.15) is 0 Å². The molecule has 0 radical (unpaired) electrons. The van der Waals surface area contributed by atoms with E-state index in [4.69, 9.17) is 10.5 Å². The Morgan fingerprint density at radius 2 is 2.18 bits per heavy atom. The number of benzene rings is 1. The Balaban J connectivity index is 1.73. The minimum atomic E-state index is -0.324. The van der Waals surface area contributed by atoms with Crippen molar-refractivity contribution in [3.8, 4) is 5.69 Å². The van der Waals surface area contributed by atoms with Crippen LogP contribution >= 0.6 is 0 Å². The standard InChI is InChI=1S/C15H19N5O2/c1-22-13-7-14(15(16)21)19(10-13)9-11-8-17-20(18-11)12-5-3-2-4-6-12/h2-6,8,13-14H,7,9-10H2,1H3,(H2,16,21)/t13-,14-/m0/s1. The van der Waals surface area contributed by atoms with Gasteiger partial charge in [-0.15, -0.1) is 0 Å². The van der Waals surface area contributed by atoms with Gasteiger partial charge < -0.3 is 10.5 Å². The average molecular weight is 301 g/mol. The average Bonchev–Trinajstić information content (AvgIpc) is 3.15. The van der Waals surface area contributed by atoms with Crippen LogP contribution in [-0.4, -0.2) is 51.6 Å². The zero-order chi connectivity index (χ0) is 15.5. The van der Waals surface area contributed by atoms with Crippen molar-refractivity contribution in [2.75, 3.05) is 13.7 Å². The summed E-state index contributed by atoms with van der Waals surface area (Å²) < 4.78 is 5.34. The van der Waals surface area contributed by atoms with E-state index in [1.807, 2.05) is 35.2 Å². The molecule has 0 saturated carbocycles. The molecular formula is C15H19N5O2. The smallest absolute Gasteiger partial charge is 0.234 e. The van der Waals surface area contributed by atoms with Crippen LogP contribution in [0.1, 0.15) is 12.1 Å². The number of rotatable bonds is 5. The molecule has 1 aromatic carbocycles. The Bertz CT molecular complexity index is 642. The van der Waals surface area contributed by atoms with Crippen LogP contribution in [0.4, 0.5) is 0 Å². The minimum Gasteiger partial charge on any atom is -0.380 e. The van der Waals surface area contributed by atoms with Crippen molar-refractivity contribution in [2.24, 2.45) is 5.73 Å². The van der Waals surface area contributed by atoms with Gasteiger partial charge >= 0.3 is 0 Å². The second kappa shape index (κ2) is 6.25. The second-order valence-electron chi connectivity index (χ2n) is 5.40. The molecule has 2 atom stereocenters. The highest BCUT2D eigenvalue weighted by molar-refractivity contribution is 5.80. The van der Waals surface area contributed by atoms with Crippen molar-refractivity contribution in [1.82, 2.24) is 19.9 Å². The van der Waals surface area contributed by atoms with Crippen molar-refractivity contribution in [2.45, 2.75) is 25.1 Å². The number of likely N-dealkylation sites (tertiary alicyclic amines) is 1. The number of aromatic nitrogens is 3. The van der Waals surface area contributed by atoms with E-state index in [1.165, 1.54) is 0 Å². The third-order valence-electron chi connectivity index (χ3n) is 3.92. The number of nitrogens with zero attached hydrogens (tertiary/aromatic N) is 4. The predicted octanol–water partition coefficient (Wildman–Crippen LogP) is 0.342. The molecule has 3 rings (SSSR count). The molecular weight excluding hydrogens is 282 g/mol. The predicted molar refractivity (Wildman–Crippen MR) is 80.2 cm³/mol. The first kappa shape index (κ1) is 14.7. The zero-order valence-corrected chi connectivity index (χ0v) is 12.4. The largest absolute Gasteiger partial charge is 0.380 e. The monoisotopic (exact) mass is 301 g/mol. The van der Waals surface area contributed by atoms with Gasteiger partial charge in [0.2, 0.25) is 5.91 Å². The lowest BCUT2D eigenvalue weighted by atomic mass is 10.2. The van der Waals surface area contributed by atoms with Crippen LogP contribution in [0, 0.1) is 0 Å². The number of carbonyl (C=O) groups excluding carboxylic acids is 1. The van der Waals surface area contributed by atoms with E-state index >= 15 is 0 Å². The molecule has 7 nitrogen and oxygen atoms in total. The molecule has 1 aliphatic rings. The minimum absolute atomic E-state index is 0.0293. The SMILES string of the molecule is CO[C@H]1C[C@@H](C(N)=O)N(Cc2cnn(-c3ccccc3)n2)C1. The van der Waals surface area contributed by atoms with E-state index in [0.717, 1.165) is 11.4 Å². The molecule has 116 valence electrons. The number of methoxy groups -OCH3 is 1. The van der Waals surface area contributed by atoms with Gasteiger partial charge in [0.25, 0.3) is 0 Å². The number of hydrogen-bond donors (Lipinski definition) is 1. The maximum absolute atomic E-state index is 11.6. The van der Waals surface area contributed by atoms with Gasteiger partial charge in [-0.1, -0.05) is 18.2 Å². The van der Waals surface area contributed by atoms with Crippen molar-refractivity contribution in [3.63, 3.8) is 0 Å². The Morgan fingerprint density at radius 1 is 1.41 bits per heavy atom. The molecule has 2 heterocycles. The topological polar surface area (TPSA) is 86.3 Å². The van der Waals surface area contributed by atoms with Gasteiger partial charge in [-0.05, 0) is 18.6 Å². The van der Waals surface area contributed by atoms with Crippen LogP contribution < -0.4 is 5.73 Å². The van der Waals surface area contributed by atoms with E-state index in [2.05, 4.69) is 10.2 Å². The molecule has 2 N–H and O–H groups in total. The summed E-state index contributed by atoms with van der Waals surface area (Å²) in [6.45, 7) is 1.20. The molecule has 0 aliphatic carbocycles. The summed E-state index contributed by atoms with van der Waals surface area (Å²) in [7, 11) is 1.65. The van der Waals surface area contributed by atoms with Gasteiger partial charge in [-0.2, -0.15) is 15.0 Å².